The van der Waals surface area contributed by atoms with Crippen LogP contribution in [0.15, 0.2) is 83.9 Å². The van der Waals surface area contributed by atoms with Gasteiger partial charge in [0.05, 0.1) is 0 Å². The number of benzene rings is 4. The molecule has 4 aromatic rings. The molecule has 2 aliphatic rings. The molecule has 0 aromatic heterocycles. The number of carbonyl (C=O) groups excluding carboxylic acids is 2. The van der Waals surface area contributed by atoms with Crippen LogP contribution in [0.4, 0.5) is 0 Å². The first-order valence-corrected chi connectivity index (χ1v) is 33.9. The van der Waals surface area contributed by atoms with Crippen LogP contribution < -0.4 is 10.5 Å². The molecule has 52 heavy (non-hydrogen) atoms. The molecule has 0 radical (unpaired) electrons. The van der Waals surface area contributed by atoms with E-state index < -0.39 is 20.5 Å². The molecular weight excluding hydrogens is 849 g/mol. The first-order valence-electron chi connectivity index (χ1n) is 18.8. The summed E-state index contributed by atoms with van der Waals surface area (Å²) in [6.45, 7) is 13.1. The number of hydrogen-bond acceptors (Lipinski definition) is 2. The average molecular weight is 899 g/mol. The van der Waals surface area contributed by atoms with E-state index >= 15 is 0 Å². The van der Waals surface area contributed by atoms with Crippen molar-refractivity contribution in [2.45, 2.75) is 87.4 Å². The molecule has 2 unspecified atom stereocenters. The topological polar surface area (TPSA) is 58.2 Å². The van der Waals surface area contributed by atoms with Crippen LogP contribution in [-0.4, -0.2) is 17.4 Å². The summed E-state index contributed by atoms with van der Waals surface area (Å²) >= 11 is -6.02. The van der Waals surface area contributed by atoms with Crippen LogP contribution in [0.3, 0.4) is 0 Å². The van der Waals surface area contributed by atoms with E-state index in [0.29, 0.717) is 12.8 Å². The van der Waals surface area contributed by atoms with Gasteiger partial charge in [-0.05, 0) is 0 Å². The molecule has 0 saturated carbocycles. The van der Waals surface area contributed by atoms with E-state index in [2.05, 4.69) is 137 Å². The van der Waals surface area contributed by atoms with Gasteiger partial charge in [-0.15, -0.1) is 0 Å². The first-order chi connectivity index (χ1) is 25.0. The summed E-state index contributed by atoms with van der Waals surface area (Å²) in [5, 5.41) is 6.03. The van der Waals surface area contributed by atoms with Gasteiger partial charge in [0.1, 0.15) is 0 Å². The Morgan fingerprint density at radius 3 is 1.38 bits per heavy atom. The molecule has 4 aromatic carbocycles. The Kier molecular flexibility index (Phi) is 11.6. The molecule has 0 aliphatic heterocycles. The second-order valence-corrected chi connectivity index (χ2v) is 45.3. The van der Waals surface area contributed by atoms with E-state index in [-0.39, 0.29) is 7.35 Å². The minimum atomic E-state index is -6.02. The Morgan fingerprint density at radius 2 is 1.00 bits per heavy atom. The molecule has 4 nitrogen and oxygen atoms in total. The number of fused-ring (bicyclic) bond motifs is 2. The zero-order valence-corrected chi connectivity index (χ0v) is 36.4. The van der Waals surface area contributed by atoms with Crippen LogP contribution in [0.25, 0.3) is 34.4 Å². The number of unbranched alkanes of at least 4 members (excludes halogenated alkanes) is 2. The van der Waals surface area contributed by atoms with Crippen molar-refractivity contribution in [1.82, 2.24) is 10.5 Å². The molecule has 6 rings (SSSR count). The number of nitrogens with one attached hydrogen (secondary N) is 2. The molecule has 8 heteroatoms. The Hall–Kier alpha value is -3.18. The van der Waals surface area contributed by atoms with Gasteiger partial charge in [-0.2, -0.15) is 0 Å². The molecular formula is C44H50BCl2HfN2O2. The van der Waals surface area contributed by atoms with Gasteiger partial charge in [0.15, 0.2) is 0 Å². The molecule has 0 heterocycles. The van der Waals surface area contributed by atoms with Crippen LogP contribution in [0, 0.1) is 27.7 Å². The van der Waals surface area contributed by atoms with Crippen LogP contribution in [0.2, 0.25) is 0 Å². The predicted octanol–water partition coefficient (Wildman–Crippen LogP) is 11.7. The summed E-state index contributed by atoms with van der Waals surface area (Å²) in [5.41, 5.74) is 16.4. The zero-order valence-electron chi connectivity index (χ0n) is 31.3. The molecule has 2 atom stereocenters. The SMILES string of the molecule is CCCCC1=Cc2c(-c3cccc(C)c3C)cccc2[CH]1[Hf]([Cl])([Cl])([B](NC=O)NC=O)[CH]1C(CCCC)=Cc2c(-c3cccc(C)c3C)cccc21. The van der Waals surface area contributed by atoms with Crippen LogP contribution >= 0.6 is 17.2 Å². The van der Waals surface area contributed by atoms with Crippen molar-refractivity contribution in [3.63, 3.8) is 0 Å². The number of allylic oxidation sites excluding steroid dienone is 2. The minimum absolute atomic E-state index is 0.359. The zero-order chi connectivity index (χ0) is 37.2. The van der Waals surface area contributed by atoms with Crippen molar-refractivity contribution in [3.8, 4) is 22.3 Å². The van der Waals surface area contributed by atoms with E-state index in [1.54, 1.807) is 0 Å². The molecule has 2 N–H and O–H groups in total. The molecule has 2 amide bonds. The molecule has 0 bridgehead atoms. The number of carbonyl (C=O) groups is 2. The summed E-state index contributed by atoms with van der Waals surface area (Å²) in [4.78, 5) is 25.1. The summed E-state index contributed by atoms with van der Waals surface area (Å²) in [7, 11) is 17.4. The number of aryl methyl sites for hydroxylation is 2. The van der Waals surface area contributed by atoms with Gasteiger partial charge < -0.3 is 0 Å². The summed E-state index contributed by atoms with van der Waals surface area (Å²) in [6.07, 6.45) is 11.6. The second-order valence-electron chi connectivity index (χ2n) is 14.9. The summed E-state index contributed by atoms with van der Waals surface area (Å²) < 4.78 is -1.64. The van der Waals surface area contributed by atoms with Gasteiger partial charge in [-0.25, -0.2) is 0 Å². The van der Waals surface area contributed by atoms with Crippen LogP contribution in [0.1, 0.15) is 104 Å². The van der Waals surface area contributed by atoms with Gasteiger partial charge in [-0.1, -0.05) is 0 Å². The number of rotatable bonds is 15. The van der Waals surface area contributed by atoms with Crippen LogP contribution in [-0.2, 0) is 25.5 Å². The van der Waals surface area contributed by atoms with Crippen molar-refractivity contribution >= 4 is 46.7 Å². The maximum absolute atomic E-state index is 12.5. The van der Waals surface area contributed by atoms with E-state index in [1.807, 2.05) is 0 Å². The van der Waals surface area contributed by atoms with Crippen molar-refractivity contribution in [3.05, 3.63) is 128 Å². The fourth-order valence-electron chi connectivity index (χ4n) is 8.98. The van der Waals surface area contributed by atoms with Gasteiger partial charge >= 0.3 is 321 Å². The molecule has 0 saturated heterocycles. The number of hydrogen-bond donors (Lipinski definition) is 2. The van der Waals surface area contributed by atoms with E-state index in [9.17, 15) is 9.59 Å². The monoisotopic (exact) mass is 899 g/mol. The molecule has 0 spiro atoms. The molecule has 0 fully saturated rings. The fraction of sp³-hybridized carbons (Fsp3) is 0.318. The fourth-order valence-corrected chi connectivity index (χ4v) is 38.7. The normalized spacial score (nSPS) is 17.0. The first kappa shape index (κ1) is 38.5. The van der Waals surface area contributed by atoms with E-state index in [0.717, 1.165) is 71.9 Å². The molecule has 2 aliphatic carbocycles. The third-order valence-electron chi connectivity index (χ3n) is 11.9. The van der Waals surface area contributed by atoms with Crippen LogP contribution in [0.5, 0.6) is 0 Å². The maximum atomic E-state index is 12.5. The summed E-state index contributed by atoms with van der Waals surface area (Å²) in [5.74, 6) is 0. The summed E-state index contributed by atoms with van der Waals surface area (Å²) in [6, 6.07) is 25.9. The van der Waals surface area contributed by atoms with Crippen molar-refractivity contribution in [1.29, 1.82) is 0 Å². The standard InChI is InChI=1S/2C21H23.C2H3BN2O2.2ClH.Hf/c2*1-4-5-9-17-13-18-10-7-12-20(21(18)14-17)19-11-6-8-15(2)16(19)3;6-1-4-3-5-2-7;;;/h2*6-8,10-14H,4-5,9H2,1-3H3;1-2H,(H-,4,5,6,7);2*1H;/q;;;;;+1/p-1. The average Bonchev–Trinajstić information content (AvgIpc) is 3.72. The van der Waals surface area contributed by atoms with Gasteiger partial charge in [0, 0.05) is 0 Å². The molecule has 269 valence electrons. The second kappa shape index (κ2) is 15.7. The third kappa shape index (κ3) is 6.51. The number of amides is 2. The van der Waals surface area contributed by atoms with Gasteiger partial charge in [-0.3, -0.25) is 0 Å². The quantitative estimate of drug-likeness (QED) is 0.0922. The van der Waals surface area contributed by atoms with Gasteiger partial charge in [0.2, 0.25) is 0 Å². The van der Waals surface area contributed by atoms with Gasteiger partial charge in [0.25, 0.3) is 0 Å². The Bertz CT molecular complexity index is 1950. The Morgan fingerprint density at radius 1 is 0.615 bits per heavy atom. The van der Waals surface area contributed by atoms with Crippen molar-refractivity contribution in [2.75, 3.05) is 0 Å². The number of halogens is 2. The van der Waals surface area contributed by atoms with E-state index in [1.165, 1.54) is 44.5 Å². The van der Waals surface area contributed by atoms with Crippen molar-refractivity contribution < 1.29 is 25.5 Å². The van der Waals surface area contributed by atoms with Crippen molar-refractivity contribution in [2.24, 2.45) is 0 Å². The third-order valence-corrected chi connectivity index (χ3v) is 40.6. The predicted molar refractivity (Wildman–Crippen MR) is 219 cm³/mol. The van der Waals surface area contributed by atoms with E-state index in [4.69, 9.17) is 17.2 Å². The Labute approximate surface area is 318 Å². The Balaban J connectivity index is 1.68.